The number of carbonyl (C=O) groups is 1. The third kappa shape index (κ3) is 5.52. The molecule has 106 valence electrons. The van der Waals surface area contributed by atoms with Gasteiger partial charge in [0, 0.05) is 12.8 Å². The Labute approximate surface area is 115 Å². The number of aryl methyl sites for hydroxylation is 1. The van der Waals surface area contributed by atoms with Gasteiger partial charge in [-0.3, -0.25) is 4.79 Å². The van der Waals surface area contributed by atoms with Crippen molar-refractivity contribution in [2.75, 3.05) is 6.54 Å². The second-order valence-corrected chi connectivity index (χ2v) is 5.72. The fourth-order valence-electron chi connectivity index (χ4n) is 2.39. The minimum Gasteiger partial charge on any atom is -0.330 e. The summed E-state index contributed by atoms with van der Waals surface area (Å²) in [5, 5.41) is 0. The first-order valence-electron chi connectivity index (χ1n) is 6.89. The largest absolute Gasteiger partial charge is 0.330 e. The molecule has 0 heterocycles. The Morgan fingerprint density at radius 3 is 2.58 bits per heavy atom. The zero-order valence-electron chi connectivity index (χ0n) is 12.1. The Bertz CT molecular complexity index is 429. The average Bonchev–Trinajstić information content (AvgIpc) is 2.31. The minimum atomic E-state index is -0.256. The molecule has 0 spiro atoms. The standard InChI is InChI=1S/C16H24FNO/c1-11(2)6-13(10-18)8-16(19)9-14-4-5-15(17)7-12(14)3/h4-5,7,11,13H,6,8-10,18H2,1-3H3. The molecule has 0 amide bonds. The van der Waals surface area contributed by atoms with Crippen molar-refractivity contribution in [3.8, 4) is 0 Å². The van der Waals surface area contributed by atoms with Gasteiger partial charge in [-0.1, -0.05) is 19.9 Å². The van der Waals surface area contributed by atoms with E-state index in [-0.39, 0.29) is 17.5 Å². The van der Waals surface area contributed by atoms with E-state index in [0.717, 1.165) is 17.5 Å². The van der Waals surface area contributed by atoms with E-state index >= 15 is 0 Å². The van der Waals surface area contributed by atoms with Crippen molar-refractivity contribution in [3.63, 3.8) is 0 Å². The molecular formula is C16H24FNO. The second-order valence-electron chi connectivity index (χ2n) is 5.72. The van der Waals surface area contributed by atoms with Gasteiger partial charge >= 0.3 is 0 Å². The van der Waals surface area contributed by atoms with Crippen LogP contribution in [0.1, 0.15) is 37.8 Å². The predicted molar refractivity (Wildman–Crippen MR) is 76.5 cm³/mol. The predicted octanol–water partition coefficient (Wildman–Crippen LogP) is 3.26. The molecule has 0 saturated carbocycles. The second kappa shape index (κ2) is 7.39. The van der Waals surface area contributed by atoms with Gasteiger partial charge in [-0.05, 0) is 55.0 Å². The number of Topliss-reactive ketones (excluding diaryl/α,β-unsaturated/α-hetero) is 1. The number of ketones is 1. The maximum absolute atomic E-state index is 13.0. The molecule has 0 aliphatic rings. The lowest BCUT2D eigenvalue weighted by Gasteiger charge is -2.16. The van der Waals surface area contributed by atoms with Crippen LogP contribution in [0.15, 0.2) is 18.2 Å². The van der Waals surface area contributed by atoms with E-state index in [1.54, 1.807) is 6.07 Å². The third-order valence-corrected chi connectivity index (χ3v) is 3.35. The van der Waals surface area contributed by atoms with E-state index in [0.29, 0.717) is 25.3 Å². The maximum Gasteiger partial charge on any atom is 0.137 e. The summed E-state index contributed by atoms with van der Waals surface area (Å²) in [5.74, 6) is 0.737. The number of halogens is 1. The van der Waals surface area contributed by atoms with E-state index in [2.05, 4.69) is 13.8 Å². The van der Waals surface area contributed by atoms with Crippen molar-refractivity contribution < 1.29 is 9.18 Å². The van der Waals surface area contributed by atoms with Crippen LogP contribution in [-0.2, 0) is 11.2 Å². The summed E-state index contributed by atoms with van der Waals surface area (Å²) >= 11 is 0. The maximum atomic E-state index is 13.0. The molecule has 1 aromatic carbocycles. The smallest absolute Gasteiger partial charge is 0.137 e. The van der Waals surface area contributed by atoms with Gasteiger partial charge in [0.1, 0.15) is 11.6 Å². The summed E-state index contributed by atoms with van der Waals surface area (Å²) in [5.41, 5.74) is 7.45. The van der Waals surface area contributed by atoms with Crippen LogP contribution >= 0.6 is 0 Å². The molecule has 2 nitrogen and oxygen atoms in total. The fraction of sp³-hybridized carbons (Fsp3) is 0.562. The molecule has 3 heteroatoms. The lowest BCUT2D eigenvalue weighted by atomic mass is 9.90. The fourth-order valence-corrected chi connectivity index (χ4v) is 2.39. The molecule has 0 saturated heterocycles. The first-order valence-corrected chi connectivity index (χ1v) is 6.89. The molecule has 0 aromatic heterocycles. The number of nitrogens with two attached hydrogens (primary N) is 1. The zero-order chi connectivity index (χ0) is 14.4. The Morgan fingerprint density at radius 1 is 1.37 bits per heavy atom. The highest BCUT2D eigenvalue weighted by molar-refractivity contribution is 5.81. The molecule has 1 atom stereocenters. The number of hydrogen-bond donors (Lipinski definition) is 1. The molecule has 0 aliphatic carbocycles. The van der Waals surface area contributed by atoms with Crippen LogP contribution in [0.5, 0.6) is 0 Å². The van der Waals surface area contributed by atoms with Gasteiger partial charge in [0.25, 0.3) is 0 Å². The monoisotopic (exact) mass is 265 g/mol. The van der Waals surface area contributed by atoms with Crippen molar-refractivity contribution in [2.45, 2.75) is 40.0 Å². The summed E-state index contributed by atoms with van der Waals surface area (Å²) < 4.78 is 13.0. The van der Waals surface area contributed by atoms with Crippen molar-refractivity contribution in [3.05, 3.63) is 35.1 Å². The van der Waals surface area contributed by atoms with Crippen molar-refractivity contribution in [1.82, 2.24) is 0 Å². The van der Waals surface area contributed by atoms with E-state index in [4.69, 9.17) is 5.73 Å². The topological polar surface area (TPSA) is 43.1 Å². The molecule has 0 fully saturated rings. The van der Waals surface area contributed by atoms with Crippen LogP contribution in [0.3, 0.4) is 0 Å². The van der Waals surface area contributed by atoms with E-state index in [9.17, 15) is 9.18 Å². The molecule has 1 rings (SSSR count). The quantitative estimate of drug-likeness (QED) is 0.822. The van der Waals surface area contributed by atoms with Gasteiger partial charge in [0.2, 0.25) is 0 Å². The van der Waals surface area contributed by atoms with Crippen LogP contribution in [0, 0.1) is 24.6 Å². The molecule has 2 N–H and O–H groups in total. The normalized spacial score (nSPS) is 12.7. The summed E-state index contributed by atoms with van der Waals surface area (Å²) in [7, 11) is 0. The number of benzene rings is 1. The molecule has 19 heavy (non-hydrogen) atoms. The summed E-state index contributed by atoms with van der Waals surface area (Å²) in [4.78, 5) is 12.1. The highest BCUT2D eigenvalue weighted by Gasteiger charge is 2.15. The van der Waals surface area contributed by atoms with Crippen molar-refractivity contribution in [2.24, 2.45) is 17.6 Å². The van der Waals surface area contributed by atoms with Crippen molar-refractivity contribution >= 4 is 5.78 Å². The Balaban J connectivity index is 2.59. The van der Waals surface area contributed by atoms with E-state index < -0.39 is 0 Å². The van der Waals surface area contributed by atoms with Gasteiger partial charge in [-0.2, -0.15) is 0 Å². The highest BCUT2D eigenvalue weighted by atomic mass is 19.1. The van der Waals surface area contributed by atoms with Crippen LogP contribution in [-0.4, -0.2) is 12.3 Å². The first-order chi connectivity index (χ1) is 8.92. The van der Waals surface area contributed by atoms with Crippen LogP contribution < -0.4 is 5.73 Å². The number of hydrogen-bond acceptors (Lipinski definition) is 2. The minimum absolute atomic E-state index is 0.186. The van der Waals surface area contributed by atoms with Crippen LogP contribution in [0.4, 0.5) is 4.39 Å². The summed E-state index contributed by atoms with van der Waals surface area (Å²) in [6.07, 6.45) is 1.87. The van der Waals surface area contributed by atoms with Crippen LogP contribution in [0.25, 0.3) is 0 Å². The van der Waals surface area contributed by atoms with Gasteiger partial charge in [0.05, 0.1) is 0 Å². The van der Waals surface area contributed by atoms with Gasteiger partial charge < -0.3 is 5.73 Å². The third-order valence-electron chi connectivity index (χ3n) is 3.35. The highest BCUT2D eigenvalue weighted by Crippen LogP contribution is 2.17. The zero-order valence-corrected chi connectivity index (χ0v) is 12.1. The van der Waals surface area contributed by atoms with Crippen molar-refractivity contribution in [1.29, 1.82) is 0 Å². The molecule has 0 aliphatic heterocycles. The molecule has 1 aromatic rings. The molecule has 1 unspecified atom stereocenters. The number of carbonyl (C=O) groups excluding carboxylic acids is 1. The van der Waals surface area contributed by atoms with Gasteiger partial charge in [-0.15, -0.1) is 0 Å². The Morgan fingerprint density at radius 2 is 2.05 bits per heavy atom. The Kier molecular flexibility index (Phi) is 6.16. The van der Waals surface area contributed by atoms with Gasteiger partial charge in [-0.25, -0.2) is 4.39 Å². The molecule has 0 bridgehead atoms. The SMILES string of the molecule is Cc1cc(F)ccc1CC(=O)CC(CN)CC(C)C. The molecule has 0 radical (unpaired) electrons. The Hall–Kier alpha value is -1.22. The number of rotatable bonds is 7. The van der Waals surface area contributed by atoms with Gasteiger partial charge in [0.15, 0.2) is 0 Å². The van der Waals surface area contributed by atoms with Crippen LogP contribution in [0.2, 0.25) is 0 Å². The average molecular weight is 265 g/mol. The lowest BCUT2D eigenvalue weighted by Crippen LogP contribution is -2.21. The lowest BCUT2D eigenvalue weighted by molar-refractivity contribution is -0.119. The van der Waals surface area contributed by atoms with E-state index in [1.165, 1.54) is 12.1 Å². The molecular weight excluding hydrogens is 241 g/mol. The summed E-state index contributed by atoms with van der Waals surface area (Å²) in [6, 6.07) is 4.57. The first kappa shape index (κ1) is 15.8. The summed E-state index contributed by atoms with van der Waals surface area (Å²) in [6.45, 7) is 6.65. The van der Waals surface area contributed by atoms with E-state index in [1.807, 2.05) is 6.92 Å².